The number of nitro benzene ring substituents is 1. The highest BCUT2D eigenvalue weighted by atomic mass is 16.6. The molecule has 218 valence electrons. The molecule has 0 aromatic heterocycles. The Morgan fingerprint density at radius 2 is 1.31 bits per heavy atom. The number of hydrogen-bond donors (Lipinski definition) is 4. The number of carboxylic acids is 4. The Kier molecular flexibility index (Phi) is 14.1. The molecule has 0 aliphatic carbocycles. The summed E-state index contributed by atoms with van der Waals surface area (Å²) in [5.41, 5.74) is -0.477. The van der Waals surface area contributed by atoms with E-state index in [-0.39, 0.29) is 50.0 Å². The number of aliphatic carboxylic acids is 4. The minimum Gasteiger partial charge on any atom is -0.493 e. The van der Waals surface area contributed by atoms with Crippen molar-refractivity contribution in [1.29, 1.82) is 0 Å². The summed E-state index contributed by atoms with van der Waals surface area (Å²) < 4.78 is 21.5. The fourth-order valence-electron chi connectivity index (χ4n) is 3.48. The molecule has 0 bridgehead atoms. The third-order valence-corrected chi connectivity index (χ3v) is 5.03. The third-order valence-electron chi connectivity index (χ3n) is 5.03. The summed E-state index contributed by atoms with van der Waals surface area (Å²) >= 11 is 0. The van der Waals surface area contributed by atoms with Gasteiger partial charge in [-0.25, -0.2) is 0 Å². The average Bonchev–Trinajstić information content (AvgIpc) is 2.82. The summed E-state index contributed by atoms with van der Waals surface area (Å²) in [6.45, 7) is -3.14. The molecule has 1 unspecified atom stereocenters. The quantitative estimate of drug-likeness (QED) is 0.0850. The number of ether oxygens (including phenoxy) is 4. The molecular formula is C22H31N3O14. The number of nitro groups is 1. The number of nitrogens with zero attached hydrogens (tertiary/aromatic N) is 3. The Labute approximate surface area is 222 Å². The number of methoxy groups -OCH3 is 2. The average molecular weight is 561 g/mol. The molecule has 0 saturated heterocycles. The van der Waals surface area contributed by atoms with Gasteiger partial charge in [0.15, 0.2) is 11.5 Å². The lowest BCUT2D eigenvalue weighted by Gasteiger charge is -2.26. The zero-order valence-corrected chi connectivity index (χ0v) is 21.3. The van der Waals surface area contributed by atoms with Crippen molar-refractivity contribution in [2.45, 2.75) is 6.10 Å². The summed E-state index contributed by atoms with van der Waals surface area (Å²) in [6, 6.07) is 2.37. The maximum absolute atomic E-state index is 11.8. The first kappa shape index (κ1) is 33.0. The van der Waals surface area contributed by atoms with Gasteiger partial charge in [0.1, 0.15) is 6.10 Å². The van der Waals surface area contributed by atoms with Crippen molar-refractivity contribution in [2.24, 2.45) is 0 Å². The van der Waals surface area contributed by atoms with Crippen LogP contribution in [0, 0.1) is 10.1 Å². The lowest BCUT2D eigenvalue weighted by Crippen LogP contribution is -2.38. The van der Waals surface area contributed by atoms with Crippen molar-refractivity contribution in [3.8, 4) is 11.5 Å². The number of carbonyl (C=O) groups is 4. The molecule has 0 spiro atoms. The standard InChI is InChI=1S/C22H31N3O14/c1-36-16-7-14(15(25(34)35)8-17(16)37-2)18(9-24(12-21(30)31)13-22(32)33)39-6-5-38-4-3-23(10-19(26)27)11-20(28)29/h7-8,18H,3-6,9-13H2,1-2H3,(H,26,27)(H,28,29)(H,30,31)(H,32,33). The van der Waals surface area contributed by atoms with Crippen LogP contribution in [0.2, 0.25) is 0 Å². The molecule has 0 aliphatic rings. The van der Waals surface area contributed by atoms with Crippen LogP contribution in [0.3, 0.4) is 0 Å². The molecule has 1 rings (SSSR count). The number of rotatable bonds is 21. The maximum Gasteiger partial charge on any atom is 0.317 e. The van der Waals surface area contributed by atoms with Crippen molar-refractivity contribution in [1.82, 2.24) is 9.80 Å². The van der Waals surface area contributed by atoms with E-state index in [9.17, 15) is 39.5 Å². The fraction of sp³-hybridized carbons (Fsp3) is 0.545. The topological polar surface area (TPSA) is 236 Å². The predicted octanol–water partition coefficient (Wildman–Crippen LogP) is -0.371. The minimum atomic E-state index is -1.33. The van der Waals surface area contributed by atoms with Crippen LogP contribution in [-0.2, 0) is 28.7 Å². The highest BCUT2D eigenvalue weighted by molar-refractivity contribution is 5.73. The van der Waals surface area contributed by atoms with Gasteiger partial charge >= 0.3 is 23.9 Å². The van der Waals surface area contributed by atoms with E-state index in [1.807, 2.05) is 0 Å². The molecule has 1 atom stereocenters. The summed E-state index contributed by atoms with van der Waals surface area (Å²) in [6.07, 6.45) is -1.21. The molecule has 17 heteroatoms. The van der Waals surface area contributed by atoms with Gasteiger partial charge in [-0.1, -0.05) is 0 Å². The molecular weight excluding hydrogens is 530 g/mol. The Morgan fingerprint density at radius 1 is 0.821 bits per heavy atom. The largest absolute Gasteiger partial charge is 0.493 e. The van der Waals surface area contributed by atoms with E-state index in [4.69, 9.17) is 29.2 Å². The SMILES string of the molecule is COc1cc(C(CN(CC(=O)O)CC(=O)O)OCCOCCN(CC(=O)O)CC(=O)O)c([N+](=O)[O-])cc1OC. The van der Waals surface area contributed by atoms with E-state index >= 15 is 0 Å². The molecule has 0 fully saturated rings. The van der Waals surface area contributed by atoms with Gasteiger partial charge in [-0.05, 0) is 6.07 Å². The predicted molar refractivity (Wildman–Crippen MR) is 129 cm³/mol. The van der Waals surface area contributed by atoms with E-state index in [0.717, 1.165) is 15.9 Å². The zero-order chi connectivity index (χ0) is 29.5. The summed E-state index contributed by atoms with van der Waals surface area (Å²) in [7, 11) is 2.58. The lowest BCUT2D eigenvalue weighted by molar-refractivity contribution is -0.386. The molecule has 0 amide bonds. The van der Waals surface area contributed by atoms with Crippen molar-refractivity contribution in [3.63, 3.8) is 0 Å². The molecule has 0 heterocycles. The van der Waals surface area contributed by atoms with Crippen LogP contribution in [0.25, 0.3) is 0 Å². The monoisotopic (exact) mass is 561 g/mol. The Bertz CT molecular complexity index is 986. The second kappa shape index (κ2) is 16.7. The van der Waals surface area contributed by atoms with Gasteiger partial charge in [-0.3, -0.25) is 39.1 Å². The van der Waals surface area contributed by atoms with Crippen LogP contribution >= 0.6 is 0 Å². The summed E-state index contributed by atoms with van der Waals surface area (Å²) in [4.78, 5) is 57.6. The zero-order valence-electron chi connectivity index (χ0n) is 21.3. The van der Waals surface area contributed by atoms with E-state index < -0.39 is 66.8 Å². The van der Waals surface area contributed by atoms with Crippen LogP contribution in [-0.4, -0.2) is 132 Å². The number of benzene rings is 1. The van der Waals surface area contributed by atoms with Crippen LogP contribution in [0.15, 0.2) is 12.1 Å². The van der Waals surface area contributed by atoms with Crippen molar-refractivity contribution >= 4 is 29.6 Å². The van der Waals surface area contributed by atoms with Crippen molar-refractivity contribution < 1.29 is 63.5 Å². The van der Waals surface area contributed by atoms with Crippen LogP contribution in [0.4, 0.5) is 5.69 Å². The van der Waals surface area contributed by atoms with Gasteiger partial charge < -0.3 is 39.4 Å². The first-order valence-electron chi connectivity index (χ1n) is 11.3. The van der Waals surface area contributed by atoms with Crippen molar-refractivity contribution in [3.05, 3.63) is 27.8 Å². The summed E-state index contributed by atoms with van der Waals surface area (Å²) in [5.74, 6) is -4.92. The van der Waals surface area contributed by atoms with E-state index in [0.29, 0.717) is 0 Å². The summed E-state index contributed by atoms with van der Waals surface area (Å²) in [5, 5.41) is 47.9. The first-order chi connectivity index (χ1) is 18.4. The Balaban J connectivity index is 3.09. The van der Waals surface area contributed by atoms with Gasteiger partial charge in [0.05, 0.1) is 76.8 Å². The number of hydrogen-bond acceptors (Lipinski definition) is 12. The molecule has 1 aromatic rings. The van der Waals surface area contributed by atoms with E-state index in [1.165, 1.54) is 20.3 Å². The Hall–Kier alpha value is -4.06. The second-order valence-electron chi connectivity index (χ2n) is 7.95. The van der Waals surface area contributed by atoms with E-state index in [2.05, 4.69) is 0 Å². The van der Waals surface area contributed by atoms with Crippen molar-refractivity contribution in [2.75, 3.05) is 73.3 Å². The van der Waals surface area contributed by atoms with Gasteiger partial charge in [-0.15, -0.1) is 0 Å². The maximum atomic E-state index is 11.8. The Morgan fingerprint density at radius 3 is 1.77 bits per heavy atom. The number of carboxylic acid groups (broad SMARTS) is 4. The highest BCUT2D eigenvalue weighted by Crippen LogP contribution is 2.38. The third kappa shape index (κ3) is 12.4. The van der Waals surface area contributed by atoms with Gasteiger partial charge in [0.25, 0.3) is 5.69 Å². The minimum absolute atomic E-state index is 0.0197. The molecule has 1 aromatic carbocycles. The van der Waals surface area contributed by atoms with Gasteiger partial charge in [-0.2, -0.15) is 0 Å². The molecule has 0 saturated carbocycles. The van der Waals surface area contributed by atoms with Gasteiger partial charge in [0.2, 0.25) is 0 Å². The van der Waals surface area contributed by atoms with Crippen LogP contribution in [0.1, 0.15) is 11.7 Å². The van der Waals surface area contributed by atoms with Crippen LogP contribution < -0.4 is 9.47 Å². The first-order valence-corrected chi connectivity index (χ1v) is 11.3. The fourth-order valence-corrected chi connectivity index (χ4v) is 3.48. The molecule has 0 aliphatic heterocycles. The van der Waals surface area contributed by atoms with E-state index in [1.54, 1.807) is 0 Å². The molecule has 0 radical (unpaired) electrons. The smallest absolute Gasteiger partial charge is 0.317 e. The molecule has 17 nitrogen and oxygen atoms in total. The van der Waals surface area contributed by atoms with Crippen LogP contribution in [0.5, 0.6) is 11.5 Å². The molecule has 4 N–H and O–H groups in total. The second-order valence-corrected chi connectivity index (χ2v) is 7.95. The highest BCUT2D eigenvalue weighted by Gasteiger charge is 2.29. The van der Waals surface area contributed by atoms with Gasteiger partial charge in [0, 0.05) is 13.1 Å². The normalized spacial score (nSPS) is 11.8. The lowest BCUT2D eigenvalue weighted by atomic mass is 10.0. The molecule has 39 heavy (non-hydrogen) atoms.